The van der Waals surface area contributed by atoms with Crippen molar-refractivity contribution in [2.75, 3.05) is 18.8 Å². The normalized spacial score (nSPS) is 18.8. The third-order valence-corrected chi connectivity index (χ3v) is 8.96. The van der Waals surface area contributed by atoms with Gasteiger partial charge in [0, 0.05) is 35.0 Å². The molecule has 0 saturated heterocycles. The van der Waals surface area contributed by atoms with Crippen LogP contribution in [0.1, 0.15) is 31.2 Å². The van der Waals surface area contributed by atoms with E-state index in [0.717, 1.165) is 18.4 Å². The van der Waals surface area contributed by atoms with E-state index in [9.17, 15) is 24.3 Å². The molecule has 0 spiro atoms. The molecule has 1 aliphatic heterocycles. The minimum Gasteiger partial charge on any atom is -0.481 e. The molecule has 1 aromatic rings. The molecule has 35 heavy (non-hydrogen) atoms. The van der Waals surface area contributed by atoms with Gasteiger partial charge < -0.3 is 26.2 Å². The van der Waals surface area contributed by atoms with Gasteiger partial charge in [-0.25, -0.2) is 0 Å². The van der Waals surface area contributed by atoms with Crippen molar-refractivity contribution in [1.29, 1.82) is 0 Å². The number of carboxylic acids is 2. The Hall–Kier alpha value is -2.21. The Morgan fingerprint density at radius 3 is 2.49 bits per heavy atom. The first-order valence-corrected chi connectivity index (χ1v) is 13.9. The fraction of sp³-hybridized carbons (Fsp3) is 0.478. The molecule has 2 aliphatic rings. The second-order valence-electron chi connectivity index (χ2n) is 8.47. The molecular formula is C23H28ClN3O6S2. The zero-order chi connectivity index (χ0) is 25.5. The summed E-state index contributed by atoms with van der Waals surface area (Å²) in [5.74, 6) is -2.63. The fourth-order valence-corrected chi connectivity index (χ4v) is 6.84. The zero-order valence-corrected chi connectivity index (χ0v) is 21.3. The lowest BCUT2D eigenvalue weighted by Crippen LogP contribution is -2.44. The van der Waals surface area contributed by atoms with E-state index in [0.29, 0.717) is 35.8 Å². The molecule has 1 fully saturated rings. The number of carbonyl (C=O) groups is 4. The van der Waals surface area contributed by atoms with Crippen molar-refractivity contribution in [3.05, 3.63) is 46.1 Å². The highest BCUT2D eigenvalue weighted by molar-refractivity contribution is 8.77. The highest BCUT2D eigenvalue weighted by Crippen LogP contribution is 2.43. The summed E-state index contributed by atoms with van der Waals surface area (Å²) in [5.41, 5.74) is 7.78. The number of carbonyl (C=O) groups excluding carboxylic acids is 2. The number of Topliss-reactive ketones (excluding diaryl/α,β-unsaturated/α-hetero) is 1. The summed E-state index contributed by atoms with van der Waals surface area (Å²) in [6.45, 7) is 0.466. The summed E-state index contributed by atoms with van der Waals surface area (Å²) >= 11 is 6.35. The third kappa shape index (κ3) is 7.89. The number of benzene rings is 1. The van der Waals surface area contributed by atoms with Crippen LogP contribution in [-0.2, 0) is 25.7 Å². The highest BCUT2D eigenvalue weighted by atomic mass is 35.5. The van der Waals surface area contributed by atoms with E-state index in [-0.39, 0.29) is 29.1 Å². The van der Waals surface area contributed by atoms with Crippen molar-refractivity contribution in [1.82, 2.24) is 10.2 Å². The molecule has 190 valence electrons. The SMILES string of the molecule is NC(CSSC1CCN(Cc2ccccc2Cl)C(C(=O)C2CC2)=C1CC(=O)O)C(=O)NCC(=O)O. The predicted molar refractivity (Wildman–Crippen MR) is 136 cm³/mol. The Balaban J connectivity index is 1.77. The third-order valence-electron chi connectivity index (χ3n) is 5.69. The molecule has 2 atom stereocenters. The van der Waals surface area contributed by atoms with Crippen molar-refractivity contribution in [2.45, 2.75) is 43.5 Å². The molecule has 2 unspecified atom stereocenters. The van der Waals surface area contributed by atoms with Crippen LogP contribution in [0.5, 0.6) is 0 Å². The number of nitrogens with one attached hydrogen (secondary N) is 1. The van der Waals surface area contributed by atoms with Crippen molar-refractivity contribution in [3.63, 3.8) is 0 Å². The lowest BCUT2D eigenvalue weighted by atomic mass is 9.94. The number of allylic oxidation sites excluding steroid dienone is 1. The zero-order valence-electron chi connectivity index (χ0n) is 18.9. The van der Waals surface area contributed by atoms with Gasteiger partial charge in [0.05, 0.1) is 18.2 Å². The maximum Gasteiger partial charge on any atom is 0.322 e. The lowest BCUT2D eigenvalue weighted by molar-refractivity contribution is -0.138. The summed E-state index contributed by atoms with van der Waals surface area (Å²) in [7, 11) is 2.71. The Morgan fingerprint density at radius 1 is 1.14 bits per heavy atom. The molecule has 0 bridgehead atoms. The van der Waals surface area contributed by atoms with Crippen LogP contribution in [0, 0.1) is 5.92 Å². The number of halogens is 1. The van der Waals surface area contributed by atoms with Gasteiger partial charge >= 0.3 is 11.9 Å². The molecule has 1 heterocycles. The average molecular weight is 542 g/mol. The molecule has 0 radical (unpaired) electrons. The summed E-state index contributed by atoms with van der Waals surface area (Å²) in [6.07, 6.45) is 1.97. The maximum absolute atomic E-state index is 13.3. The van der Waals surface area contributed by atoms with Crippen LogP contribution in [0.3, 0.4) is 0 Å². The monoisotopic (exact) mass is 541 g/mol. The first-order chi connectivity index (χ1) is 16.7. The largest absolute Gasteiger partial charge is 0.481 e. The average Bonchev–Trinajstić information content (AvgIpc) is 3.65. The van der Waals surface area contributed by atoms with Crippen LogP contribution in [0.15, 0.2) is 35.5 Å². The van der Waals surface area contributed by atoms with Crippen LogP contribution < -0.4 is 11.1 Å². The van der Waals surface area contributed by atoms with E-state index < -0.39 is 30.4 Å². The van der Waals surface area contributed by atoms with Crippen LogP contribution in [-0.4, -0.2) is 68.9 Å². The first kappa shape index (κ1) is 27.4. The minimum absolute atomic E-state index is 0.0200. The molecule has 1 aliphatic carbocycles. The quantitative estimate of drug-likeness (QED) is 0.274. The van der Waals surface area contributed by atoms with Gasteiger partial charge in [0.2, 0.25) is 5.91 Å². The van der Waals surface area contributed by atoms with Gasteiger partial charge in [-0.1, -0.05) is 51.4 Å². The highest BCUT2D eigenvalue weighted by Gasteiger charge is 2.40. The van der Waals surface area contributed by atoms with E-state index in [1.165, 1.54) is 21.6 Å². The Morgan fingerprint density at radius 2 is 1.86 bits per heavy atom. The van der Waals surface area contributed by atoms with Crippen LogP contribution in [0.4, 0.5) is 0 Å². The second-order valence-corrected chi connectivity index (χ2v) is 11.5. The topological polar surface area (TPSA) is 150 Å². The van der Waals surface area contributed by atoms with E-state index in [1.807, 2.05) is 23.1 Å². The van der Waals surface area contributed by atoms with E-state index in [4.69, 9.17) is 22.4 Å². The number of aliphatic carboxylic acids is 2. The molecule has 9 nitrogen and oxygen atoms in total. The Bertz CT molecular complexity index is 1020. The Labute approximate surface area is 216 Å². The number of hydrogen-bond donors (Lipinski definition) is 4. The fourth-order valence-electron chi connectivity index (χ4n) is 3.79. The standard InChI is InChI=1S/C23H28ClN3O6S2/c24-16-4-2-1-3-14(16)11-27-8-7-18(35-34-12-17(25)23(33)26-10-20(30)31)15(9-19(28)29)21(27)22(32)13-5-6-13/h1-4,13,17-18H,5-12,25H2,(H,26,33)(H,28,29)(H,30,31). The second kappa shape index (κ2) is 12.7. The van der Waals surface area contributed by atoms with Gasteiger partial charge in [-0.2, -0.15) is 0 Å². The van der Waals surface area contributed by atoms with Crippen molar-refractivity contribution < 1.29 is 29.4 Å². The molecule has 1 aromatic carbocycles. The van der Waals surface area contributed by atoms with Gasteiger partial charge in [0.1, 0.15) is 6.54 Å². The molecule has 1 saturated carbocycles. The number of carboxylic acid groups (broad SMARTS) is 2. The van der Waals surface area contributed by atoms with Gasteiger partial charge in [-0.3, -0.25) is 19.2 Å². The van der Waals surface area contributed by atoms with Gasteiger partial charge in [-0.05, 0) is 36.5 Å². The Kier molecular flexibility index (Phi) is 9.90. The predicted octanol–water partition coefficient (Wildman–Crippen LogP) is 2.53. The maximum atomic E-state index is 13.3. The lowest BCUT2D eigenvalue weighted by Gasteiger charge is -2.37. The summed E-state index contributed by atoms with van der Waals surface area (Å²) in [6, 6.07) is 6.48. The van der Waals surface area contributed by atoms with E-state index in [2.05, 4.69) is 5.32 Å². The number of nitrogens with two attached hydrogens (primary N) is 1. The molecule has 5 N–H and O–H groups in total. The van der Waals surface area contributed by atoms with Crippen LogP contribution in [0.2, 0.25) is 5.02 Å². The number of hydrogen-bond acceptors (Lipinski definition) is 8. The summed E-state index contributed by atoms with van der Waals surface area (Å²) in [4.78, 5) is 49.6. The van der Waals surface area contributed by atoms with Crippen molar-refractivity contribution in [2.24, 2.45) is 11.7 Å². The minimum atomic E-state index is -1.16. The summed E-state index contributed by atoms with van der Waals surface area (Å²) < 4.78 is 0. The van der Waals surface area contributed by atoms with E-state index >= 15 is 0 Å². The molecular weight excluding hydrogens is 514 g/mol. The number of nitrogens with zero attached hydrogens (tertiary/aromatic N) is 1. The van der Waals surface area contributed by atoms with Crippen molar-refractivity contribution >= 4 is 56.8 Å². The van der Waals surface area contributed by atoms with Gasteiger partial charge in [-0.15, -0.1) is 0 Å². The van der Waals surface area contributed by atoms with E-state index in [1.54, 1.807) is 6.07 Å². The van der Waals surface area contributed by atoms with Crippen LogP contribution >= 0.6 is 33.2 Å². The first-order valence-electron chi connectivity index (χ1n) is 11.2. The summed E-state index contributed by atoms with van der Waals surface area (Å²) in [5, 5.41) is 20.9. The molecule has 1 amide bonds. The number of rotatable bonds is 13. The smallest absolute Gasteiger partial charge is 0.322 e. The molecule has 3 rings (SSSR count). The molecule has 0 aromatic heterocycles. The van der Waals surface area contributed by atoms with Gasteiger partial charge in [0.25, 0.3) is 0 Å². The van der Waals surface area contributed by atoms with Crippen molar-refractivity contribution in [3.8, 4) is 0 Å². The van der Waals surface area contributed by atoms with Crippen LogP contribution in [0.25, 0.3) is 0 Å². The number of amides is 1. The van der Waals surface area contributed by atoms with Gasteiger partial charge in [0.15, 0.2) is 5.78 Å². The molecule has 12 heteroatoms. The number of ketones is 1.